The summed E-state index contributed by atoms with van der Waals surface area (Å²) in [7, 11) is 0. The van der Waals surface area contributed by atoms with Gasteiger partial charge < -0.3 is 24.1 Å². The molecule has 8 nitrogen and oxygen atoms in total. The largest absolute Gasteiger partial charge is 0.459 e. The van der Waals surface area contributed by atoms with E-state index in [1.165, 1.54) is 18.7 Å². The molecular weight excluding hydrogens is 448 g/mol. The minimum absolute atomic E-state index is 0.261. The molecule has 176 valence electrons. The highest BCUT2D eigenvalue weighted by Crippen LogP contribution is 2.33. The van der Waals surface area contributed by atoms with Crippen LogP contribution in [0.25, 0.3) is 0 Å². The van der Waals surface area contributed by atoms with E-state index in [4.69, 9.17) is 18.9 Å². The van der Waals surface area contributed by atoms with Gasteiger partial charge in [-0.3, -0.25) is 4.79 Å². The first-order chi connectivity index (χ1) is 15.9. The Labute approximate surface area is 196 Å². The maximum atomic E-state index is 12.6. The monoisotopic (exact) mass is 474 g/mol. The zero-order chi connectivity index (χ0) is 23.8. The third kappa shape index (κ3) is 6.56. The molecule has 3 rings (SSSR count). The van der Waals surface area contributed by atoms with Crippen molar-refractivity contribution in [3.63, 3.8) is 0 Å². The Hall–Kier alpha value is -2.88. The average Bonchev–Trinajstić information content (AvgIpc) is 2.82. The molecule has 1 fully saturated rings. The maximum Gasteiger partial charge on any atom is 0.338 e. The van der Waals surface area contributed by atoms with E-state index in [-0.39, 0.29) is 6.61 Å². The van der Waals surface area contributed by atoms with Crippen LogP contribution in [0.15, 0.2) is 60.7 Å². The van der Waals surface area contributed by atoms with Crippen LogP contribution in [0.3, 0.4) is 0 Å². The lowest BCUT2D eigenvalue weighted by atomic mass is 9.99. The Morgan fingerprint density at radius 2 is 1.48 bits per heavy atom. The fraction of sp³-hybridized carbons (Fsp3) is 0.375. The van der Waals surface area contributed by atoms with Crippen molar-refractivity contribution in [2.24, 2.45) is 0 Å². The van der Waals surface area contributed by atoms with Crippen LogP contribution in [0, 0.1) is 0 Å². The molecule has 2 aromatic carbocycles. The number of carbonyl (C=O) groups excluding carboxylic acids is 3. The van der Waals surface area contributed by atoms with Crippen molar-refractivity contribution in [1.29, 1.82) is 0 Å². The zero-order valence-electron chi connectivity index (χ0n) is 18.3. The number of hydrogen-bond acceptors (Lipinski definition) is 9. The number of ether oxygens (including phenoxy) is 4. The molecule has 33 heavy (non-hydrogen) atoms. The summed E-state index contributed by atoms with van der Waals surface area (Å²) in [6.45, 7) is 2.82. The minimum Gasteiger partial charge on any atom is -0.459 e. The number of rotatable bonds is 8. The van der Waals surface area contributed by atoms with Crippen molar-refractivity contribution in [3.05, 3.63) is 71.8 Å². The standard InChI is InChI=1S/C24H26O8S/c1-3-33-24-21(32-23(28)17-12-8-5-9-13-17)19(26)20(30-15(2)25)18(31-24)14-29-22(27)16-10-6-4-7-11-16/h4-13,18-21,24,26H,3,14H2,1-2H3/t18-,19+,20+,21-,24+/m1/s1. The van der Waals surface area contributed by atoms with Crippen LogP contribution in [0.1, 0.15) is 34.6 Å². The molecule has 2 aromatic rings. The van der Waals surface area contributed by atoms with E-state index in [0.717, 1.165) is 0 Å². The lowest BCUT2D eigenvalue weighted by Gasteiger charge is -2.42. The predicted octanol–water partition coefficient (Wildman–Crippen LogP) is 2.84. The lowest BCUT2D eigenvalue weighted by molar-refractivity contribution is -0.220. The van der Waals surface area contributed by atoms with Gasteiger partial charge in [0.05, 0.1) is 11.1 Å². The van der Waals surface area contributed by atoms with Gasteiger partial charge in [0.15, 0.2) is 12.2 Å². The zero-order valence-corrected chi connectivity index (χ0v) is 19.1. The number of aliphatic hydroxyl groups excluding tert-OH is 1. The Kier molecular flexibility index (Phi) is 8.87. The van der Waals surface area contributed by atoms with Gasteiger partial charge in [0.1, 0.15) is 24.3 Å². The summed E-state index contributed by atoms with van der Waals surface area (Å²) in [4.78, 5) is 36.7. The van der Waals surface area contributed by atoms with E-state index in [1.807, 2.05) is 6.92 Å². The highest BCUT2D eigenvalue weighted by atomic mass is 32.2. The van der Waals surface area contributed by atoms with E-state index in [1.54, 1.807) is 60.7 Å². The van der Waals surface area contributed by atoms with Crippen LogP contribution >= 0.6 is 11.8 Å². The molecule has 1 heterocycles. The van der Waals surface area contributed by atoms with Gasteiger partial charge in [0.25, 0.3) is 0 Å². The topological polar surface area (TPSA) is 108 Å². The molecule has 1 saturated heterocycles. The van der Waals surface area contributed by atoms with Gasteiger partial charge in [0.2, 0.25) is 0 Å². The van der Waals surface area contributed by atoms with Crippen LogP contribution in [-0.2, 0) is 23.7 Å². The molecule has 0 amide bonds. The highest BCUT2D eigenvalue weighted by Gasteiger charge is 2.49. The summed E-state index contributed by atoms with van der Waals surface area (Å²) in [6, 6.07) is 16.8. The van der Waals surface area contributed by atoms with E-state index >= 15 is 0 Å². The third-order valence-corrected chi connectivity index (χ3v) is 5.93. The smallest absolute Gasteiger partial charge is 0.338 e. The SMILES string of the molecule is CCS[C@@H]1O[C@H](COC(=O)c2ccccc2)[C@H](OC(C)=O)[C@H](O)[C@H]1OC(=O)c1ccccc1. The molecule has 1 aliphatic heterocycles. The van der Waals surface area contributed by atoms with Crippen molar-refractivity contribution in [3.8, 4) is 0 Å². The second-order valence-electron chi connectivity index (χ2n) is 7.26. The average molecular weight is 475 g/mol. The van der Waals surface area contributed by atoms with E-state index in [0.29, 0.717) is 16.9 Å². The second kappa shape index (κ2) is 11.8. The first-order valence-electron chi connectivity index (χ1n) is 10.5. The molecule has 0 spiro atoms. The maximum absolute atomic E-state index is 12.6. The summed E-state index contributed by atoms with van der Waals surface area (Å²) >= 11 is 1.32. The Morgan fingerprint density at radius 1 is 0.909 bits per heavy atom. The minimum atomic E-state index is -1.39. The molecular formula is C24H26O8S. The van der Waals surface area contributed by atoms with E-state index in [2.05, 4.69) is 0 Å². The fourth-order valence-electron chi connectivity index (χ4n) is 3.37. The molecule has 0 radical (unpaired) electrons. The van der Waals surface area contributed by atoms with Crippen molar-refractivity contribution in [1.82, 2.24) is 0 Å². The molecule has 1 N–H and O–H groups in total. The molecule has 0 bridgehead atoms. The van der Waals surface area contributed by atoms with Crippen LogP contribution in [0.4, 0.5) is 0 Å². The van der Waals surface area contributed by atoms with Crippen molar-refractivity contribution >= 4 is 29.7 Å². The number of benzene rings is 2. The molecule has 0 saturated carbocycles. The second-order valence-corrected chi connectivity index (χ2v) is 8.64. The van der Waals surface area contributed by atoms with Crippen LogP contribution in [-0.4, -0.2) is 65.2 Å². The van der Waals surface area contributed by atoms with Crippen LogP contribution < -0.4 is 0 Å². The first kappa shape index (κ1) is 24.8. The van der Waals surface area contributed by atoms with Crippen LogP contribution in [0.2, 0.25) is 0 Å². The molecule has 0 aromatic heterocycles. The molecule has 5 atom stereocenters. The third-order valence-electron chi connectivity index (χ3n) is 4.89. The first-order valence-corrected chi connectivity index (χ1v) is 11.6. The van der Waals surface area contributed by atoms with Gasteiger partial charge in [0, 0.05) is 6.92 Å². The Balaban J connectivity index is 1.76. The van der Waals surface area contributed by atoms with Gasteiger partial charge in [-0.25, -0.2) is 9.59 Å². The summed E-state index contributed by atoms with van der Waals surface area (Å²) in [5.41, 5.74) is -0.0927. The van der Waals surface area contributed by atoms with E-state index < -0.39 is 47.8 Å². The summed E-state index contributed by atoms with van der Waals surface area (Å²) in [6.07, 6.45) is -4.64. The number of aliphatic hydroxyl groups is 1. The Bertz CT molecular complexity index is 934. The fourth-order valence-corrected chi connectivity index (χ4v) is 4.33. The van der Waals surface area contributed by atoms with Crippen LogP contribution in [0.5, 0.6) is 0 Å². The predicted molar refractivity (Wildman–Crippen MR) is 121 cm³/mol. The quantitative estimate of drug-likeness (QED) is 0.456. The lowest BCUT2D eigenvalue weighted by Crippen LogP contribution is -2.60. The van der Waals surface area contributed by atoms with Gasteiger partial charge in [-0.1, -0.05) is 43.3 Å². The number of carbonyl (C=O) groups is 3. The highest BCUT2D eigenvalue weighted by molar-refractivity contribution is 7.99. The molecule has 0 aliphatic carbocycles. The number of thioether (sulfide) groups is 1. The van der Waals surface area contributed by atoms with Crippen molar-refractivity contribution < 1.29 is 38.4 Å². The number of hydrogen-bond donors (Lipinski definition) is 1. The van der Waals surface area contributed by atoms with Gasteiger partial charge in [-0.2, -0.15) is 0 Å². The molecule has 9 heteroatoms. The normalized spacial score (nSPS) is 24.5. The Morgan fingerprint density at radius 3 is 2.03 bits per heavy atom. The summed E-state index contributed by atoms with van der Waals surface area (Å²) in [5, 5.41) is 11.0. The molecule has 1 aliphatic rings. The number of esters is 3. The summed E-state index contributed by atoms with van der Waals surface area (Å²) < 4.78 is 22.2. The van der Waals surface area contributed by atoms with Gasteiger partial charge in [-0.15, -0.1) is 11.8 Å². The van der Waals surface area contributed by atoms with Gasteiger partial charge in [-0.05, 0) is 30.0 Å². The van der Waals surface area contributed by atoms with Crippen molar-refractivity contribution in [2.45, 2.75) is 43.7 Å². The van der Waals surface area contributed by atoms with Crippen molar-refractivity contribution in [2.75, 3.05) is 12.4 Å². The van der Waals surface area contributed by atoms with E-state index in [9.17, 15) is 19.5 Å². The summed E-state index contributed by atoms with van der Waals surface area (Å²) in [5.74, 6) is -1.27. The van der Waals surface area contributed by atoms with Gasteiger partial charge >= 0.3 is 17.9 Å². The molecule has 0 unspecified atom stereocenters.